The summed E-state index contributed by atoms with van der Waals surface area (Å²) >= 11 is 3.16. The van der Waals surface area contributed by atoms with E-state index >= 15 is 0 Å². The Morgan fingerprint density at radius 1 is 1.21 bits per heavy atom. The van der Waals surface area contributed by atoms with Crippen molar-refractivity contribution in [3.05, 3.63) is 29.8 Å². The lowest BCUT2D eigenvalue weighted by molar-refractivity contribution is -0.140. The fourth-order valence-electron chi connectivity index (χ4n) is 4.21. The highest BCUT2D eigenvalue weighted by atomic mass is 32.2. The van der Waals surface area contributed by atoms with E-state index in [-0.39, 0.29) is 11.8 Å². The van der Waals surface area contributed by atoms with Gasteiger partial charge in [0.25, 0.3) is 0 Å². The topological polar surface area (TPSA) is 108 Å². The van der Waals surface area contributed by atoms with E-state index in [9.17, 15) is 19.5 Å². The van der Waals surface area contributed by atoms with Crippen LogP contribution < -0.4 is 15.4 Å². The summed E-state index contributed by atoms with van der Waals surface area (Å²) in [5.74, 6) is 2.61. The van der Waals surface area contributed by atoms with Crippen molar-refractivity contribution < 1.29 is 24.2 Å². The van der Waals surface area contributed by atoms with Crippen LogP contribution in [0.3, 0.4) is 0 Å². The number of thioether (sulfide) groups is 2. The predicted molar refractivity (Wildman–Crippen MR) is 136 cm³/mol. The molecular weight excluding hydrogens is 474 g/mol. The van der Waals surface area contributed by atoms with Gasteiger partial charge in [0.15, 0.2) is 0 Å². The average molecular weight is 510 g/mol. The number of aliphatic hydroxyl groups is 1. The van der Waals surface area contributed by atoms with Gasteiger partial charge in [-0.1, -0.05) is 31.4 Å². The van der Waals surface area contributed by atoms with Gasteiger partial charge in [0.1, 0.15) is 24.4 Å². The molecule has 1 aromatic carbocycles. The van der Waals surface area contributed by atoms with Crippen LogP contribution in [0.1, 0.15) is 37.7 Å². The Morgan fingerprint density at radius 2 is 1.94 bits per heavy atom. The molecule has 0 aromatic heterocycles. The van der Waals surface area contributed by atoms with Crippen LogP contribution in [0.5, 0.6) is 5.75 Å². The molecule has 2 atom stereocenters. The molecule has 1 saturated carbocycles. The lowest BCUT2D eigenvalue weighted by Gasteiger charge is -2.26. The SMILES string of the molecule is COc1ccc(CNC(=O)[C@H](CSCC2CCCCC2)NC(=O)[C@@H]2CSCN2C(=O)CO)cc1. The number of hydrogen-bond donors (Lipinski definition) is 3. The first-order chi connectivity index (χ1) is 16.5. The average Bonchev–Trinajstić information content (AvgIpc) is 3.37. The number of aliphatic hydroxyl groups excluding tert-OH is 1. The largest absolute Gasteiger partial charge is 0.497 e. The van der Waals surface area contributed by atoms with Crippen LogP contribution in [0.2, 0.25) is 0 Å². The number of rotatable bonds is 11. The Balaban J connectivity index is 1.59. The molecule has 0 unspecified atom stereocenters. The van der Waals surface area contributed by atoms with E-state index in [1.54, 1.807) is 18.9 Å². The third-order valence-corrected chi connectivity index (χ3v) is 8.55. The summed E-state index contributed by atoms with van der Waals surface area (Å²) in [6.07, 6.45) is 6.29. The van der Waals surface area contributed by atoms with Crippen molar-refractivity contribution in [3.63, 3.8) is 0 Å². The van der Waals surface area contributed by atoms with Gasteiger partial charge in [-0.3, -0.25) is 14.4 Å². The molecule has 34 heavy (non-hydrogen) atoms. The van der Waals surface area contributed by atoms with Gasteiger partial charge in [0.05, 0.1) is 13.0 Å². The number of ether oxygens (including phenoxy) is 1. The minimum atomic E-state index is -0.698. The maximum Gasteiger partial charge on any atom is 0.249 e. The molecule has 8 nitrogen and oxygen atoms in total. The zero-order valence-corrected chi connectivity index (χ0v) is 21.3. The second-order valence-corrected chi connectivity index (χ2v) is 10.8. The van der Waals surface area contributed by atoms with Crippen molar-refractivity contribution >= 4 is 41.2 Å². The van der Waals surface area contributed by atoms with Crippen LogP contribution >= 0.6 is 23.5 Å². The zero-order valence-electron chi connectivity index (χ0n) is 19.7. The van der Waals surface area contributed by atoms with Crippen molar-refractivity contribution in [3.8, 4) is 5.75 Å². The number of carbonyl (C=O) groups is 3. The molecule has 1 aromatic rings. The van der Waals surface area contributed by atoms with E-state index in [0.29, 0.717) is 29.8 Å². The van der Waals surface area contributed by atoms with Gasteiger partial charge < -0.3 is 25.4 Å². The Morgan fingerprint density at radius 3 is 2.62 bits per heavy atom. The fourth-order valence-corrected chi connectivity index (χ4v) is 6.66. The molecule has 0 bridgehead atoms. The lowest BCUT2D eigenvalue weighted by atomic mass is 9.91. The molecule has 3 rings (SSSR count). The molecule has 10 heteroatoms. The number of amides is 3. The highest BCUT2D eigenvalue weighted by Crippen LogP contribution is 2.27. The molecule has 1 saturated heterocycles. The van der Waals surface area contributed by atoms with Crippen molar-refractivity contribution in [2.45, 2.75) is 50.7 Å². The minimum Gasteiger partial charge on any atom is -0.497 e. The predicted octanol–water partition coefficient (Wildman–Crippen LogP) is 2.00. The van der Waals surface area contributed by atoms with E-state index in [2.05, 4.69) is 10.6 Å². The van der Waals surface area contributed by atoms with Crippen molar-refractivity contribution in [1.82, 2.24) is 15.5 Å². The van der Waals surface area contributed by atoms with Gasteiger partial charge in [-0.05, 0) is 42.2 Å². The second-order valence-electron chi connectivity index (χ2n) is 8.71. The summed E-state index contributed by atoms with van der Waals surface area (Å²) in [4.78, 5) is 39.4. The molecule has 1 heterocycles. The van der Waals surface area contributed by atoms with E-state index in [1.165, 1.54) is 48.8 Å². The van der Waals surface area contributed by atoms with E-state index in [4.69, 9.17) is 4.74 Å². The van der Waals surface area contributed by atoms with E-state index in [0.717, 1.165) is 17.1 Å². The van der Waals surface area contributed by atoms with E-state index < -0.39 is 24.6 Å². The maximum atomic E-state index is 13.1. The quantitative estimate of drug-likeness (QED) is 0.419. The van der Waals surface area contributed by atoms with Gasteiger partial charge in [-0.2, -0.15) is 11.8 Å². The first kappa shape index (κ1) is 26.7. The molecular formula is C24H35N3O5S2. The number of nitrogens with zero attached hydrogens (tertiary/aromatic N) is 1. The molecule has 1 aliphatic carbocycles. The third kappa shape index (κ3) is 7.81. The van der Waals surface area contributed by atoms with Gasteiger partial charge in [0, 0.05) is 18.1 Å². The normalized spacial score (nSPS) is 19.5. The molecule has 2 aliphatic rings. The van der Waals surface area contributed by atoms with Crippen LogP contribution in [0.15, 0.2) is 24.3 Å². The number of benzene rings is 1. The number of nitrogens with one attached hydrogen (secondary N) is 2. The van der Waals surface area contributed by atoms with Crippen molar-refractivity contribution in [1.29, 1.82) is 0 Å². The Hall–Kier alpha value is -1.91. The maximum absolute atomic E-state index is 13.1. The molecule has 2 fully saturated rings. The van der Waals surface area contributed by atoms with Crippen molar-refractivity contribution in [2.24, 2.45) is 5.92 Å². The number of hydrogen-bond acceptors (Lipinski definition) is 7. The van der Waals surface area contributed by atoms with Crippen LogP contribution in [-0.4, -0.2) is 76.7 Å². The van der Waals surface area contributed by atoms with Crippen LogP contribution in [0.4, 0.5) is 0 Å². The summed E-state index contributed by atoms with van der Waals surface area (Å²) in [6.45, 7) is -0.287. The third-order valence-electron chi connectivity index (χ3n) is 6.26. The first-order valence-corrected chi connectivity index (χ1v) is 14.1. The monoisotopic (exact) mass is 509 g/mol. The molecule has 0 spiro atoms. The fraction of sp³-hybridized carbons (Fsp3) is 0.625. The summed E-state index contributed by atoms with van der Waals surface area (Å²) in [7, 11) is 1.60. The Kier molecular flexibility index (Phi) is 10.9. The lowest BCUT2D eigenvalue weighted by Crippen LogP contribution is -2.55. The molecule has 3 amide bonds. The van der Waals surface area contributed by atoms with Gasteiger partial charge in [-0.25, -0.2) is 0 Å². The molecule has 0 radical (unpaired) electrons. The minimum absolute atomic E-state index is 0.244. The van der Waals surface area contributed by atoms with Crippen molar-refractivity contribution in [2.75, 3.05) is 36.9 Å². The highest BCUT2D eigenvalue weighted by molar-refractivity contribution is 7.99. The Bertz CT molecular complexity index is 817. The van der Waals surface area contributed by atoms with Crippen LogP contribution in [0, 0.1) is 5.92 Å². The molecule has 188 valence electrons. The summed E-state index contributed by atoms with van der Waals surface area (Å²) in [6, 6.07) is 6.08. The van der Waals surface area contributed by atoms with Gasteiger partial charge >= 0.3 is 0 Å². The number of carbonyl (C=O) groups excluding carboxylic acids is 3. The first-order valence-electron chi connectivity index (χ1n) is 11.8. The Labute approximate surface area is 209 Å². The highest BCUT2D eigenvalue weighted by Gasteiger charge is 2.36. The van der Waals surface area contributed by atoms with Crippen LogP contribution in [0.25, 0.3) is 0 Å². The summed E-state index contributed by atoms with van der Waals surface area (Å²) < 4.78 is 5.17. The smallest absolute Gasteiger partial charge is 0.249 e. The summed E-state index contributed by atoms with van der Waals surface area (Å²) in [5.41, 5.74) is 0.931. The standard InChI is InChI=1S/C24H35N3O5S2/c1-32-19-9-7-17(8-10-19)11-25-23(30)20(14-33-13-18-5-3-2-4-6-18)26-24(31)21-15-34-16-27(21)22(29)12-28/h7-10,18,20-21,28H,2-6,11-16H2,1H3,(H,25,30)(H,26,31)/t20-,21-/m0/s1. The second kappa shape index (κ2) is 13.8. The summed E-state index contributed by atoms with van der Waals surface area (Å²) in [5, 5.41) is 15.0. The zero-order chi connectivity index (χ0) is 24.3. The van der Waals surface area contributed by atoms with Crippen LogP contribution in [-0.2, 0) is 20.9 Å². The number of methoxy groups -OCH3 is 1. The molecule has 1 aliphatic heterocycles. The van der Waals surface area contributed by atoms with E-state index in [1.807, 2.05) is 24.3 Å². The van der Waals surface area contributed by atoms with Gasteiger partial charge in [0.2, 0.25) is 17.7 Å². The molecule has 3 N–H and O–H groups in total. The van der Waals surface area contributed by atoms with Gasteiger partial charge in [-0.15, -0.1) is 11.8 Å².